The largest absolute Gasteiger partial charge is 0.345 e. The van der Waals surface area contributed by atoms with E-state index in [1.165, 1.54) is 43.4 Å². The lowest BCUT2D eigenvalue weighted by molar-refractivity contribution is 0.0935. The first-order chi connectivity index (χ1) is 14.8. The molecule has 3 aromatic rings. The molecule has 1 N–H and O–H groups in total. The van der Waals surface area contributed by atoms with Gasteiger partial charge >= 0.3 is 0 Å². The lowest BCUT2D eigenvalue weighted by Crippen LogP contribution is -2.30. The van der Waals surface area contributed by atoms with Crippen LogP contribution in [0.3, 0.4) is 0 Å². The molecular formula is C24H25FN2O3S. The topological polar surface area (TPSA) is 66.5 Å². The van der Waals surface area contributed by atoms with Crippen molar-refractivity contribution in [3.05, 3.63) is 95.3 Å². The zero-order chi connectivity index (χ0) is 22.6. The molecule has 0 radical (unpaired) electrons. The number of carbonyl (C=O) groups excluding carboxylic acids is 1. The Hall–Kier alpha value is -3.19. The van der Waals surface area contributed by atoms with Gasteiger partial charge in [-0.15, -0.1) is 0 Å². The van der Waals surface area contributed by atoms with Crippen molar-refractivity contribution in [1.29, 1.82) is 0 Å². The van der Waals surface area contributed by atoms with Crippen LogP contribution in [-0.4, -0.2) is 21.4 Å². The van der Waals surface area contributed by atoms with Crippen molar-refractivity contribution in [2.45, 2.75) is 31.2 Å². The maximum atomic E-state index is 14.1. The number of hydrogen-bond donors (Lipinski definition) is 1. The average molecular weight is 441 g/mol. The van der Waals surface area contributed by atoms with Crippen molar-refractivity contribution >= 4 is 21.6 Å². The minimum absolute atomic E-state index is 0.0667. The molecule has 7 heteroatoms. The number of benzene rings is 3. The summed E-state index contributed by atoms with van der Waals surface area (Å²) in [6.45, 7) is 3.96. The summed E-state index contributed by atoms with van der Waals surface area (Å²) in [6.07, 6.45) is 0.685. The number of para-hydroxylation sites is 1. The minimum Gasteiger partial charge on any atom is -0.345 e. The summed E-state index contributed by atoms with van der Waals surface area (Å²) in [5, 5.41) is 2.98. The highest BCUT2D eigenvalue weighted by molar-refractivity contribution is 7.92. The van der Waals surface area contributed by atoms with Gasteiger partial charge in [-0.3, -0.25) is 9.10 Å². The van der Waals surface area contributed by atoms with E-state index in [1.54, 1.807) is 12.1 Å². The highest BCUT2D eigenvalue weighted by atomic mass is 32.2. The molecule has 1 unspecified atom stereocenters. The second-order valence-corrected chi connectivity index (χ2v) is 9.21. The number of hydrogen-bond acceptors (Lipinski definition) is 3. The molecule has 0 saturated heterocycles. The van der Waals surface area contributed by atoms with E-state index in [4.69, 9.17) is 0 Å². The Morgan fingerprint density at radius 1 is 1.03 bits per heavy atom. The number of anilines is 1. The van der Waals surface area contributed by atoms with Crippen LogP contribution in [0.4, 0.5) is 10.1 Å². The molecule has 0 aliphatic heterocycles. The Morgan fingerprint density at radius 2 is 1.71 bits per heavy atom. The van der Waals surface area contributed by atoms with E-state index in [2.05, 4.69) is 5.32 Å². The van der Waals surface area contributed by atoms with Crippen LogP contribution in [-0.2, 0) is 10.0 Å². The molecular weight excluding hydrogens is 415 g/mol. The molecule has 31 heavy (non-hydrogen) atoms. The van der Waals surface area contributed by atoms with E-state index in [0.29, 0.717) is 6.42 Å². The van der Waals surface area contributed by atoms with Gasteiger partial charge in [0.15, 0.2) is 0 Å². The minimum atomic E-state index is -4.05. The summed E-state index contributed by atoms with van der Waals surface area (Å²) in [6, 6.07) is 19.0. The van der Waals surface area contributed by atoms with E-state index in [-0.39, 0.29) is 28.1 Å². The number of nitrogens with zero attached hydrogens (tertiary/aromatic N) is 1. The van der Waals surface area contributed by atoms with Gasteiger partial charge < -0.3 is 5.32 Å². The van der Waals surface area contributed by atoms with Crippen LogP contribution in [0.5, 0.6) is 0 Å². The molecule has 3 rings (SSSR count). The van der Waals surface area contributed by atoms with Gasteiger partial charge in [0.2, 0.25) is 0 Å². The molecule has 0 spiro atoms. The van der Waals surface area contributed by atoms with Crippen LogP contribution < -0.4 is 9.62 Å². The van der Waals surface area contributed by atoms with Gasteiger partial charge in [-0.25, -0.2) is 12.8 Å². The number of nitrogens with one attached hydrogen (secondary N) is 1. The Bertz CT molecular complexity index is 1190. The van der Waals surface area contributed by atoms with Crippen molar-refractivity contribution < 1.29 is 17.6 Å². The Kier molecular flexibility index (Phi) is 6.75. The summed E-state index contributed by atoms with van der Waals surface area (Å²) in [4.78, 5) is 12.8. The number of halogens is 1. The fraction of sp³-hybridized carbons (Fsp3) is 0.208. The van der Waals surface area contributed by atoms with Crippen molar-refractivity contribution in [2.24, 2.45) is 0 Å². The first kappa shape index (κ1) is 22.5. The molecule has 5 nitrogen and oxygen atoms in total. The molecule has 0 aliphatic carbocycles. The molecule has 3 aromatic carbocycles. The lowest BCUT2D eigenvalue weighted by atomic mass is 9.99. The number of rotatable bonds is 7. The van der Waals surface area contributed by atoms with E-state index in [0.717, 1.165) is 15.4 Å². The maximum absolute atomic E-state index is 14.1. The molecule has 0 heterocycles. The van der Waals surface area contributed by atoms with Crippen LogP contribution in [0.25, 0.3) is 0 Å². The summed E-state index contributed by atoms with van der Waals surface area (Å²) in [7, 11) is -2.77. The highest BCUT2D eigenvalue weighted by Gasteiger charge is 2.25. The van der Waals surface area contributed by atoms with Crippen LogP contribution in [0.1, 0.15) is 40.9 Å². The zero-order valence-corrected chi connectivity index (χ0v) is 18.5. The molecule has 1 amide bonds. The van der Waals surface area contributed by atoms with Gasteiger partial charge in [-0.05, 0) is 54.8 Å². The fourth-order valence-corrected chi connectivity index (χ4v) is 4.66. The predicted octanol–water partition coefficient (Wildman–Crippen LogP) is 4.84. The Balaban J connectivity index is 1.88. The van der Waals surface area contributed by atoms with Crippen LogP contribution in [0.2, 0.25) is 0 Å². The molecule has 162 valence electrons. The lowest BCUT2D eigenvalue weighted by Gasteiger charge is -2.21. The summed E-state index contributed by atoms with van der Waals surface area (Å²) in [5.41, 5.74) is 2.23. The number of sulfonamides is 1. The third-order valence-corrected chi connectivity index (χ3v) is 6.99. The second-order valence-electron chi connectivity index (χ2n) is 7.24. The quantitative estimate of drug-likeness (QED) is 0.572. The molecule has 1 atom stereocenters. The Morgan fingerprint density at radius 3 is 2.39 bits per heavy atom. The van der Waals surface area contributed by atoms with E-state index in [9.17, 15) is 17.6 Å². The van der Waals surface area contributed by atoms with Gasteiger partial charge in [-0.2, -0.15) is 0 Å². The number of amides is 1. The van der Waals surface area contributed by atoms with Gasteiger partial charge in [0.25, 0.3) is 15.9 Å². The monoisotopic (exact) mass is 440 g/mol. The first-order valence-corrected chi connectivity index (χ1v) is 11.4. The van der Waals surface area contributed by atoms with Gasteiger partial charge in [0.1, 0.15) is 5.82 Å². The van der Waals surface area contributed by atoms with Crippen molar-refractivity contribution in [3.63, 3.8) is 0 Å². The standard InChI is InChI=1S/C24H25FN2O3S/c1-4-22(20-13-6-5-10-17(20)2)26-24(28)18-11-9-12-19(16-18)31(29,30)27(3)23-15-8-7-14-21(23)25/h5-16,22H,4H2,1-3H3,(H,26,28). The molecule has 0 saturated carbocycles. The van der Waals surface area contributed by atoms with E-state index in [1.807, 2.05) is 38.1 Å². The highest BCUT2D eigenvalue weighted by Crippen LogP contribution is 2.26. The van der Waals surface area contributed by atoms with Crippen LogP contribution in [0.15, 0.2) is 77.7 Å². The fourth-order valence-electron chi connectivity index (χ4n) is 3.41. The summed E-state index contributed by atoms with van der Waals surface area (Å²) >= 11 is 0. The smallest absolute Gasteiger partial charge is 0.264 e. The average Bonchev–Trinajstić information content (AvgIpc) is 2.78. The normalized spacial score (nSPS) is 12.3. The third-order valence-electron chi connectivity index (χ3n) is 5.22. The third kappa shape index (κ3) is 4.77. The number of aryl methyl sites for hydroxylation is 1. The van der Waals surface area contributed by atoms with Crippen molar-refractivity contribution in [2.75, 3.05) is 11.4 Å². The van der Waals surface area contributed by atoms with Crippen LogP contribution in [0, 0.1) is 12.7 Å². The Labute approximate surface area is 182 Å². The molecule has 0 fully saturated rings. The SMILES string of the molecule is CCC(NC(=O)c1cccc(S(=O)(=O)N(C)c2ccccc2F)c1)c1ccccc1C. The van der Waals surface area contributed by atoms with Crippen molar-refractivity contribution in [1.82, 2.24) is 5.32 Å². The van der Waals surface area contributed by atoms with Gasteiger partial charge in [-0.1, -0.05) is 49.4 Å². The maximum Gasteiger partial charge on any atom is 0.264 e. The van der Waals surface area contributed by atoms with Gasteiger partial charge in [0, 0.05) is 12.6 Å². The van der Waals surface area contributed by atoms with Crippen LogP contribution >= 0.6 is 0 Å². The van der Waals surface area contributed by atoms with Crippen molar-refractivity contribution in [3.8, 4) is 0 Å². The summed E-state index contributed by atoms with van der Waals surface area (Å²) in [5.74, 6) is -1.02. The predicted molar refractivity (Wildman–Crippen MR) is 120 cm³/mol. The van der Waals surface area contributed by atoms with E-state index < -0.39 is 15.8 Å². The molecule has 0 aliphatic rings. The van der Waals surface area contributed by atoms with Gasteiger partial charge in [0.05, 0.1) is 16.6 Å². The second kappa shape index (κ2) is 9.31. The number of carbonyl (C=O) groups is 1. The molecule has 0 bridgehead atoms. The summed E-state index contributed by atoms with van der Waals surface area (Å²) < 4.78 is 41.0. The zero-order valence-electron chi connectivity index (χ0n) is 17.7. The molecule has 0 aromatic heterocycles. The first-order valence-electron chi connectivity index (χ1n) is 9.95. The van der Waals surface area contributed by atoms with E-state index >= 15 is 0 Å².